The number of nitrogens with zero attached hydrogens (tertiary/aromatic N) is 3. The van der Waals surface area contributed by atoms with Crippen molar-refractivity contribution in [2.75, 3.05) is 12.4 Å². The average molecular weight is 400 g/mol. The van der Waals surface area contributed by atoms with Crippen molar-refractivity contribution in [2.24, 2.45) is 0 Å². The van der Waals surface area contributed by atoms with Crippen molar-refractivity contribution < 1.29 is 14.3 Å². The van der Waals surface area contributed by atoms with E-state index in [4.69, 9.17) is 9.47 Å². The van der Waals surface area contributed by atoms with Gasteiger partial charge in [0.2, 0.25) is 11.8 Å². The fourth-order valence-corrected chi connectivity index (χ4v) is 2.85. The van der Waals surface area contributed by atoms with E-state index in [0.29, 0.717) is 23.1 Å². The van der Waals surface area contributed by atoms with Crippen LogP contribution in [-0.4, -0.2) is 27.8 Å². The number of carbonyl (C=O) groups is 1. The molecule has 0 unspecified atom stereocenters. The van der Waals surface area contributed by atoms with Gasteiger partial charge in [-0.1, -0.05) is 12.1 Å². The third-order valence-electron chi connectivity index (χ3n) is 4.38. The van der Waals surface area contributed by atoms with Gasteiger partial charge in [-0.15, -0.1) is 10.2 Å². The first-order valence-corrected chi connectivity index (χ1v) is 9.37. The van der Waals surface area contributed by atoms with Crippen molar-refractivity contribution in [1.29, 1.82) is 0 Å². The van der Waals surface area contributed by atoms with Gasteiger partial charge in [0.1, 0.15) is 11.5 Å². The number of anilines is 1. The van der Waals surface area contributed by atoms with Crippen LogP contribution in [0.1, 0.15) is 5.56 Å². The highest BCUT2D eigenvalue weighted by Crippen LogP contribution is 2.22. The summed E-state index contributed by atoms with van der Waals surface area (Å²) in [5, 5.41) is 11.1. The first-order chi connectivity index (χ1) is 14.7. The third-order valence-corrected chi connectivity index (χ3v) is 4.38. The van der Waals surface area contributed by atoms with Crippen LogP contribution in [0, 0.1) is 0 Å². The summed E-state index contributed by atoms with van der Waals surface area (Å²) in [7, 11) is 1.61. The Morgan fingerprint density at radius 2 is 1.60 bits per heavy atom. The molecule has 2 aromatic carbocycles. The summed E-state index contributed by atoms with van der Waals surface area (Å²) >= 11 is 0. The van der Waals surface area contributed by atoms with Crippen LogP contribution in [0.2, 0.25) is 0 Å². The molecule has 150 valence electrons. The molecule has 1 N–H and O–H groups in total. The van der Waals surface area contributed by atoms with Gasteiger partial charge in [0.25, 0.3) is 0 Å². The molecular formula is C23H20N4O3. The predicted molar refractivity (Wildman–Crippen MR) is 113 cm³/mol. The molecule has 4 rings (SSSR count). The topological polar surface area (TPSA) is 78.3 Å². The SMILES string of the molecule is COc1ccc(CC(=O)Nc2ccc(Oc3ccc(-n4cccc4)nn3)cc2)cc1. The standard InChI is InChI=1S/C23H20N4O3/c1-29-19-8-4-17(5-9-19)16-22(28)24-18-6-10-20(11-7-18)30-23-13-12-21(25-26-23)27-14-2-3-15-27/h2-15H,16H2,1H3,(H,24,28). The van der Waals surface area contributed by atoms with Gasteiger partial charge in [0, 0.05) is 24.1 Å². The number of nitrogens with one attached hydrogen (secondary N) is 1. The maximum Gasteiger partial charge on any atom is 0.238 e. The molecule has 0 aliphatic heterocycles. The van der Waals surface area contributed by atoms with Crippen LogP contribution in [0.3, 0.4) is 0 Å². The minimum atomic E-state index is -0.0969. The second kappa shape index (κ2) is 8.91. The van der Waals surface area contributed by atoms with Crippen LogP contribution in [-0.2, 0) is 11.2 Å². The van der Waals surface area contributed by atoms with Crippen LogP contribution in [0.25, 0.3) is 5.82 Å². The first kappa shape index (κ1) is 19.2. The molecule has 0 saturated heterocycles. The lowest BCUT2D eigenvalue weighted by molar-refractivity contribution is -0.115. The summed E-state index contributed by atoms with van der Waals surface area (Å²) in [4.78, 5) is 12.2. The molecule has 0 radical (unpaired) electrons. The zero-order valence-corrected chi connectivity index (χ0v) is 16.4. The maximum absolute atomic E-state index is 12.2. The number of ether oxygens (including phenoxy) is 2. The van der Waals surface area contributed by atoms with Gasteiger partial charge in [0.15, 0.2) is 5.82 Å². The molecule has 0 aliphatic carbocycles. The van der Waals surface area contributed by atoms with Gasteiger partial charge in [-0.25, -0.2) is 0 Å². The Morgan fingerprint density at radius 3 is 2.23 bits per heavy atom. The smallest absolute Gasteiger partial charge is 0.238 e. The largest absolute Gasteiger partial charge is 0.497 e. The van der Waals surface area contributed by atoms with E-state index in [0.717, 1.165) is 11.3 Å². The first-order valence-electron chi connectivity index (χ1n) is 9.37. The minimum Gasteiger partial charge on any atom is -0.497 e. The van der Waals surface area contributed by atoms with E-state index in [1.54, 1.807) is 37.4 Å². The fourth-order valence-electron chi connectivity index (χ4n) is 2.85. The second-order valence-electron chi connectivity index (χ2n) is 6.52. The molecule has 0 saturated carbocycles. The Balaban J connectivity index is 1.32. The van der Waals surface area contributed by atoms with E-state index >= 15 is 0 Å². The van der Waals surface area contributed by atoms with Crippen LogP contribution in [0.15, 0.2) is 85.2 Å². The highest BCUT2D eigenvalue weighted by Gasteiger charge is 2.06. The predicted octanol–water partition coefficient (Wildman–Crippen LogP) is 4.25. The number of rotatable bonds is 7. The molecule has 30 heavy (non-hydrogen) atoms. The van der Waals surface area contributed by atoms with Gasteiger partial charge < -0.3 is 19.4 Å². The lowest BCUT2D eigenvalue weighted by Gasteiger charge is -2.08. The number of carbonyl (C=O) groups excluding carboxylic acids is 1. The number of amides is 1. The van der Waals surface area contributed by atoms with Gasteiger partial charge in [-0.2, -0.15) is 0 Å². The Labute approximate surface area is 173 Å². The lowest BCUT2D eigenvalue weighted by Crippen LogP contribution is -2.14. The van der Waals surface area contributed by atoms with E-state index in [9.17, 15) is 4.79 Å². The molecule has 1 amide bonds. The summed E-state index contributed by atoms with van der Waals surface area (Å²) < 4.78 is 12.7. The van der Waals surface area contributed by atoms with Crippen LogP contribution in [0.4, 0.5) is 5.69 Å². The molecular weight excluding hydrogens is 380 g/mol. The van der Waals surface area contributed by atoms with E-state index in [-0.39, 0.29) is 12.3 Å². The molecule has 7 heteroatoms. The van der Waals surface area contributed by atoms with Crippen LogP contribution >= 0.6 is 0 Å². The average Bonchev–Trinajstić information content (AvgIpc) is 3.31. The number of hydrogen-bond acceptors (Lipinski definition) is 5. The van der Waals surface area contributed by atoms with Gasteiger partial charge in [-0.3, -0.25) is 4.79 Å². The van der Waals surface area contributed by atoms with Crippen molar-refractivity contribution in [3.8, 4) is 23.2 Å². The van der Waals surface area contributed by atoms with E-state index in [1.807, 2.05) is 59.4 Å². The Bertz CT molecular complexity index is 1090. The molecule has 2 aromatic heterocycles. The molecule has 4 aromatic rings. The van der Waals surface area contributed by atoms with E-state index in [2.05, 4.69) is 15.5 Å². The van der Waals surface area contributed by atoms with E-state index in [1.165, 1.54) is 0 Å². The van der Waals surface area contributed by atoms with Crippen molar-refractivity contribution in [1.82, 2.24) is 14.8 Å². The summed E-state index contributed by atoms with van der Waals surface area (Å²) in [5.74, 6) is 2.37. The Hall–Kier alpha value is -4.13. The van der Waals surface area contributed by atoms with Crippen molar-refractivity contribution in [2.45, 2.75) is 6.42 Å². The van der Waals surface area contributed by atoms with Gasteiger partial charge >= 0.3 is 0 Å². The zero-order valence-electron chi connectivity index (χ0n) is 16.4. The molecule has 7 nitrogen and oxygen atoms in total. The molecule has 0 bridgehead atoms. The van der Waals surface area contributed by atoms with Crippen molar-refractivity contribution in [3.63, 3.8) is 0 Å². The van der Waals surface area contributed by atoms with Crippen LogP contribution in [0.5, 0.6) is 17.4 Å². The van der Waals surface area contributed by atoms with Crippen LogP contribution < -0.4 is 14.8 Å². The normalized spacial score (nSPS) is 10.4. The highest BCUT2D eigenvalue weighted by atomic mass is 16.5. The molecule has 0 spiro atoms. The lowest BCUT2D eigenvalue weighted by atomic mass is 10.1. The number of benzene rings is 2. The van der Waals surface area contributed by atoms with E-state index < -0.39 is 0 Å². The van der Waals surface area contributed by atoms with Crippen molar-refractivity contribution >= 4 is 11.6 Å². The number of hydrogen-bond donors (Lipinski definition) is 1. The molecule has 0 fully saturated rings. The Morgan fingerprint density at radius 1 is 0.900 bits per heavy atom. The minimum absolute atomic E-state index is 0.0969. The monoisotopic (exact) mass is 400 g/mol. The third kappa shape index (κ3) is 4.82. The molecule has 0 aliphatic rings. The maximum atomic E-state index is 12.2. The number of methoxy groups -OCH3 is 1. The molecule has 2 heterocycles. The summed E-state index contributed by atoms with van der Waals surface area (Å²) in [5.41, 5.74) is 1.60. The quantitative estimate of drug-likeness (QED) is 0.502. The van der Waals surface area contributed by atoms with Crippen molar-refractivity contribution in [3.05, 3.63) is 90.8 Å². The Kier molecular flexibility index (Phi) is 5.70. The summed E-state index contributed by atoms with van der Waals surface area (Å²) in [6, 6.07) is 21.9. The van der Waals surface area contributed by atoms with Gasteiger partial charge in [-0.05, 0) is 60.2 Å². The summed E-state index contributed by atoms with van der Waals surface area (Å²) in [6.07, 6.45) is 4.07. The molecule has 0 atom stereocenters. The van der Waals surface area contributed by atoms with Gasteiger partial charge in [0.05, 0.1) is 13.5 Å². The zero-order chi connectivity index (χ0) is 20.8. The highest BCUT2D eigenvalue weighted by molar-refractivity contribution is 5.92. The number of aromatic nitrogens is 3. The summed E-state index contributed by atoms with van der Waals surface area (Å²) in [6.45, 7) is 0. The second-order valence-corrected chi connectivity index (χ2v) is 6.52. The fraction of sp³-hybridized carbons (Fsp3) is 0.0870.